The summed E-state index contributed by atoms with van der Waals surface area (Å²) in [6.07, 6.45) is 3.34. The third kappa shape index (κ3) is 2.47. The van der Waals surface area contributed by atoms with Crippen LogP contribution in [0.2, 0.25) is 0 Å². The van der Waals surface area contributed by atoms with Crippen molar-refractivity contribution >= 4 is 19.9 Å². The molecule has 2 aromatic rings. The van der Waals surface area contributed by atoms with Crippen LogP contribution in [0.15, 0.2) is 27.7 Å². The van der Waals surface area contributed by atoms with Gasteiger partial charge in [0, 0.05) is 12.5 Å². The van der Waals surface area contributed by atoms with Crippen LogP contribution in [-0.4, -0.2) is 22.5 Å². The van der Waals surface area contributed by atoms with E-state index in [1.807, 2.05) is 0 Å². The molecule has 1 atom stereocenters. The number of aromatic nitrogens is 2. The van der Waals surface area contributed by atoms with Crippen molar-refractivity contribution in [2.75, 3.05) is 13.0 Å². The maximum absolute atomic E-state index is 11.5. The lowest BCUT2D eigenvalue weighted by molar-refractivity contribution is -0.154. The number of furan rings is 1. The first-order valence-corrected chi connectivity index (χ1v) is 5.80. The zero-order valence-electron chi connectivity index (χ0n) is 8.38. The largest absolute Gasteiger partial charge is 0.830 e. The molecule has 0 fully saturated rings. The van der Waals surface area contributed by atoms with Crippen molar-refractivity contribution < 1.29 is 14.0 Å². The molecule has 0 radical (unpaired) electrons. The van der Waals surface area contributed by atoms with Gasteiger partial charge in [-0.25, -0.2) is 4.79 Å². The third-order valence-corrected chi connectivity index (χ3v) is 2.37. The first kappa shape index (κ1) is 11.3. The van der Waals surface area contributed by atoms with E-state index in [4.69, 9.17) is 9.15 Å². The Bertz CT molecular complexity index is 521. The Labute approximate surface area is 92.7 Å². The van der Waals surface area contributed by atoms with Crippen LogP contribution in [0.5, 0.6) is 0 Å². The lowest BCUT2D eigenvalue weighted by Gasteiger charge is -2.07. The van der Waals surface area contributed by atoms with Gasteiger partial charge in [0.25, 0.3) is 0 Å². The lowest BCUT2D eigenvalue weighted by Crippen LogP contribution is -2.24. The molecule has 0 saturated heterocycles. The van der Waals surface area contributed by atoms with Gasteiger partial charge >= 0.3 is 5.69 Å². The zero-order chi connectivity index (χ0) is 11.4. The molecule has 86 valence electrons. The molecular weight excluding hydrogens is 231 g/mol. The molecule has 7 heteroatoms. The van der Waals surface area contributed by atoms with E-state index >= 15 is 0 Å². The van der Waals surface area contributed by atoms with Gasteiger partial charge in [0.1, 0.15) is 0 Å². The predicted octanol–water partition coefficient (Wildman–Crippen LogP) is -0.0826. The molecule has 2 aromatic heterocycles. The minimum Gasteiger partial charge on any atom is -0.830 e. The zero-order valence-corrected chi connectivity index (χ0v) is 9.38. The number of nitrogens with zero attached hydrogens (tertiary/aromatic N) is 2. The summed E-state index contributed by atoms with van der Waals surface area (Å²) in [6, 6.07) is 1.73. The highest BCUT2D eigenvalue weighted by Crippen LogP contribution is 2.08. The van der Waals surface area contributed by atoms with Gasteiger partial charge in [-0.2, -0.15) is 13.8 Å². The summed E-state index contributed by atoms with van der Waals surface area (Å²) in [5.74, 6) is 0. The molecule has 0 N–H and O–H groups in total. The van der Waals surface area contributed by atoms with E-state index in [-0.39, 0.29) is 12.0 Å². The maximum atomic E-state index is 11.5. The molecule has 1 unspecified atom stereocenters. The second-order valence-corrected chi connectivity index (χ2v) is 3.67. The van der Waals surface area contributed by atoms with Gasteiger partial charge < -0.3 is 14.0 Å². The fourth-order valence-corrected chi connectivity index (χ4v) is 1.54. The van der Waals surface area contributed by atoms with E-state index in [1.54, 1.807) is 12.3 Å². The molecule has 0 spiro atoms. The van der Waals surface area contributed by atoms with Crippen LogP contribution in [-0.2, 0) is 11.3 Å². The Morgan fingerprint density at radius 2 is 2.50 bits per heavy atom. The lowest BCUT2D eigenvalue weighted by atomic mass is 10.4. The Balaban J connectivity index is 2.11. The van der Waals surface area contributed by atoms with Crippen LogP contribution >= 0.6 is 8.81 Å². The van der Waals surface area contributed by atoms with Gasteiger partial charge in [-0.3, -0.25) is 4.57 Å². The van der Waals surface area contributed by atoms with Gasteiger partial charge in [-0.1, -0.05) is 0 Å². The first-order chi connectivity index (χ1) is 7.81. The Hall–Kier alpha value is -1.23. The third-order valence-electron chi connectivity index (χ3n) is 2.05. The monoisotopic (exact) mass is 241 g/mol. The molecule has 2 rings (SSSR count). The van der Waals surface area contributed by atoms with Crippen LogP contribution in [0.25, 0.3) is 11.1 Å². The average molecular weight is 241 g/mol. The standard InChI is InChI=1S/C9H10N2O4P/c12-9-10-8-7(1-3-15-8)5-11(9)2-4-14-6-16-13/h1,3,5,16H,2,4,6H2/q-1. The maximum Gasteiger partial charge on any atom is 0.350 e. The van der Waals surface area contributed by atoms with E-state index in [9.17, 15) is 9.69 Å². The molecule has 0 aliphatic heterocycles. The summed E-state index contributed by atoms with van der Waals surface area (Å²) in [7, 11) is -0.478. The molecule has 0 amide bonds. The van der Waals surface area contributed by atoms with Crippen molar-refractivity contribution in [2.24, 2.45) is 0 Å². The second kappa shape index (κ2) is 5.21. The van der Waals surface area contributed by atoms with Crippen molar-refractivity contribution in [3.63, 3.8) is 0 Å². The average Bonchev–Trinajstić information content (AvgIpc) is 2.71. The predicted molar refractivity (Wildman–Crippen MR) is 57.4 cm³/mol. The van der Waals surface area contributed by atoms with E-state index < -0.39 is 8.81 Å². The minimum atomic E-state index is -0.478. The summed E-state index contributed by atoms with van der Waals surface area (Å²) < 4.78 is 11.5. The van der Waals surface area contributed by atoms with Crippen molar-refractivity contribution in [3.8, 4) is 0 Å². The van der Waals surface area contributed by atoms with Crippen LogP contribution in [0.1, 0.15) is 0 Å². The summed E-state index contributed by atoms with van der Waals surface area (Å²) in [6.45, 7) is 0.720. The van der Waals surface area contributed by atoms with Gasteiger partial charge in [-0.05, 0) is 6.07 Å². The fraction of sp³-hybridized carbons (Fsp3) is 0.333. The second-order valence-electron chi connectivity index (χ2n) is 3.09. The number of rotatable bonds is 5. The van der Waals surface area contributed by atoms with Gasteiger partial charge in [0.05, 0.1) is 24.8 Å². The molecule has 0 bridgehead atoms. The van der Waals surface area contributed by atoms with E-state index in [0.717, 1.165) is 5.39 Å². The van der Waals surface area contributed by atoms with Gasteiger partial charge in [0.2, 0.25) is 5.71 Å². The normalized spacial score (nSPS) is 11.8. The number of hydrogen-bond acceptors (Lipinski definition) is 5. The fourth-order valence-electron chi connectivity index (χ4n) is 1.31. The topological polar surface area (TPSA) is 80.3 Å². The highest BCUT2D eigenvalue weighted by Gasteiger charge is 2.03. The Morgan fingerprint density at radius 3 is 3.31 bits per heavy atom. The molecule has 0 aromatic carbocycles. The Kier molecular flexibility index (Phi) is 3.66. The smallest absolute Gasteiger partial charge is 0.350 e. The Morgan fingerprint density at radius 1 is 1.62 bits per heavy atom. The van der Waals surface area contributed by atoms with Gasteiger partial charge in [0.15, 0.2) is 0 Å². The molecule has 6 nitrogen and oxygen atoms in total. The summed E-state index contributed by atoms with van der Waals surface area (Å²) in [4.78, 5) is 25.4. The van der Waals surface area contributed by atoms with Crippen LogP contribution < -0.4 is 10.6 Å². The summed E-state index contributed by atoms with van der Waals surface area (Å²) in [5, 5.41) is 0.769. The molecule has 0 aliphatic carbocycles. The minimum absolute atomic E-state index is 0.191. The van der Waals surface area contributed by atoms with E-state index in [1.165, 1.54) is 10.8 Å². The van der Waals surface area contributed by atoms with Crippen molar-refractivity contribution in [2.45, 2.75) is 6.54 Å². The molecule has 0 saturated carbocycles. The van der Waals surface area contributed by atoms with Crippen molar-refractivity contribution in [3.05, 3.63) is 29.0 Å². The summed E-state index contributed by atoms with van der Waals surface area (Å²) in [5.41, 5.74) is -0.0427. The van der Waals surface area contributed by atoms with Gasteiger partial charge in [-0.15, -0.1) is 0 Å². The number of hydrogen-bond donors (Lipinski definition) is 0. The molecule has 16 heavy (non-hydrogen) atoms. The highest BCUT2D eigenvalue weighted by molar-refractivity contribution is 7.29. The first-order valence-electron chi connectivity index (χ1n) is 4.68. The molecular formula is C9H10N2O4P-. The highest BCUT2D eigenvalue weighted by atomic mass is 31.1. The summed E-state index contributed by atoms with van der Waals surface area (Å²) >= 11 is 0. The molecule has 0 aliphatic rings. The van der Waals surface area contributed by atoms with Crippen molar-refractivity contribution in [1.82, 2.24) is 9.55 Å². The van der Waals surface area contributed by atoms with E-state index in [0.29, 0.717) is 18.9 Å². The quantitative estimate of drug-likeness (QED) is 0.540. The number of ether oxygens (including phenoxy) is 1. The van der Waals surface area contributed by atoms with Crippen LogP contribution in [0, 0.1) is 0 Å². The SMILES string of the molecule is O=c1nc2occc2cn1CCOCP[O-]. The van der Waals surface area contributed by atoms with Crippen LogP contribution in [0.3, 0.4) is 0 Å². The molecule has 2 heterocycles. The van der Waals surface area contributed by atoms with E-state index in [2.05, 4.69) is 4.98 Å². The van der Waals surface area contributed by atoms with Crippen molar-refractivity contribution in [1.29, 1.82) is 0 Å². The van der Waals surface area contributed by atoms with Crippen LogP contribution in [0.4, 0.5) is 0 Å². The number of fused-ring (bicyclic) bond motifs is 1.